The predicted octanol–water partition coefficient (Wildman–Crippen LogP) is 1.87. The van der Waals surface area contributed by atoms with Gasteiger partial charge in [-0.2, -0.15) is 4.31 Å². The molecule has 0 N–H and O–H groups in total. The summed E-state index contributed by atoms with van der Waals surface area (Å²) in [6.45, 7) is 12.3. The Morgan fingerprint density at radius 3 is 2.19 bits per heavy atom. The number of amides is 1. The molecule has 0 radical (unpaired) electrons. The molecular formula is C19H31N3O3S. The molecule has 0 atom stereocenters. The molecule has 26 heavy (non-hydrogen) atoms. The SMILES string of the molecule is CCN(CC)CCC(=O)N1CCN(S(=O)(=O)c2ccc(C)c(C)c2)CC1. The molecule has 1 aromatic carbocycles. The summed E-state index contributed by atoms with van der Waals surface area (Å²) in [6.07, 6.45) is 0.492. The van der Waals surface area contributed by atoms with E-state index in [1.807, 2.05) is 19.9 Å². The first kappa shape index (κ1) is 20.9. The van der Waals surface area contributed by atoms with E-state index >= 15 is 0 Å². The lowest BCUT2D eigenvalue weighted by atomic mass is 10.1. The van der Waals surface area contributed by atoms with Crippen molar-refractivity contribution >= 4 is 15.9 Å². The van der Waals surface area contributed by atoms with Gasteiger partial charge in [-0.3, -0.25) is 4.79 Å². The van der Waals surface area contributed by atoms with E-state index < -0.39 is 10.0 Å². The van der Waals surface area contributed by atoms with Gasteiger partial charge >= 0.3 is 0 Å². The molecule has 1 fully saturated rings. The summed E-state index contributed by atoms with van der Waals surface area (Å²) in [7, 11) is -3.50. The molecular weight excluding hydrogens is 350 g/mol. The third kappa shape index (κ3) is 4.84. The number of nitrogens with zero attached hydrogens (tertiary/aromatic N) is 3. The van der Waals surface area contributed by atoms with E-state index in [0.717, 1.165) is 30.8 Å². The van der Waals surface area contributed by atoms with Crippen LogP contribution in [0.2, 0.25) is 0 Å². The van der Waals surface area contributed by atoms with Crippen LogP contribution in [-0.4, -0.2) is 74.2 Å². The summed E-state index contributed by atoms with van der Waals surface area (Å²) in [6, 6.07) is 5.24. The summed E-state index contributed by atoms with van der Waals surface area (Å²) in [5, 5.41) is 0. The highest BCUT2D eigenvalue weighted by Gasteiger charge is 2.30. The van der Waals surface area contributed by atoms with Gasteiger partial charge in [0.2, 0.25) is 15.9 Å². The number of benzene rings is 1. The molecule has 0 bridgehead atoms. The van der Waals surface area contributed by atoms with Crippen molar-refractivity contribution in [2.45, 2.75) is 39.0 Å². The van der Waals surface area contributed by atoms with Gasteiger partial charge < -0.3 is 9.80 Å². The number of carbonyl (C=O) groups excluding carboxylic acids is 1. The van der Waals surface area contributed by atoms with Crippen molar-refractivity contribution in [2.75, 3.05) is 45.8 Å². The fraction of sp³-hybridized carbons (Fsp3) is 0.632. The minimum Gasteiger partial charge on any atom is -0.340 e. The van der Waals surface area contributed by atoms with Crippen LogP contribution in [0, 0.1) is 13.8 Å². The molecule has 1 aliphatic heterocycles. The standard InChI is InChI=1S/C19H31N3O3S/c1-5-20(6-2)10-9-19(23)21-11-13-22(14-12-21)26(24,25)18-8-7-16(3)17(4)15-18/h7-8,15H,5-6,9-14H2,1-4H3. The first-order valence-corrected chi connectivity index (χ1v) is 10.8. The molecule has 0 spiro atoms. The Morgan fingerprint density at radius 1 is 1.04 bits per heavy atom. The van der Waals surface area contributed by atoms with Crippen molar-refractivity contribution in [3.8, 4) is 0 Å². The number of hydrogen-bond donors (Lipinski definition) is 0. The van der Waals surface area contributed by atoms with Gasteiger partial charge in [-0.15, -0.1) is 0 Å². The van der Waals surface area contributed by atoms with E-state index in [1.54, 1.807) is 17.0 Å². The molecule has 1 amide bonds. The van der Waals surface area contributed by atoms with Crippen molar-refractivity contribution in [1.29, 1.82) is 0 Å². The lowest BCUT2D eigenvalue weighted by molar-refractivity contribution is -0.132. The Morgan fingerprint density at radius 2 is 1.65 bits per heavy atom. The molecule has 2 rings (SSSR count). The quantitative estimate of drug-likeness (QED) is 0.723. The van der Waals surface area contributed by atoms with Crippen LogP contribution < -0.4 is 0 Å². The predicted molar refractivity (Wildman–Crippen MR) is 104 cm³/mol. The number of piperazine rings is 1. The van der Waals surface area contributed by atoms with Gasteiger partial charge in [0, 0.05) is 39.1 Å². The van der Waals surface area contributed by atoms with E-state index in [-0.39, 0.29) is 5.91 Å². The molecule has 1 heterocycles. The lowest BCUT2D eigenvalue weighted by Gasteiger charge is -2.34. The molecule has 6 nitrogen and oxygen atoms in total. The van der Waals surface area contributed by atoms with Crippen LogP contribution >= 0.6 is 0 Å². The number of rotatable bonds is 7. The highest BCUT2D eigenvalue weighted by atomic mass is 32.2. The van der Waals surface area contributed by atoms with Gasteiger partial charge in [0.05, 0.1) is 4.90 Å². The topological polar surface area (TPSA) is 60.9 Å². The maximum Gasteiger partial charge on any atom is 0.243 e. The van der Waals surface area contributed by atoms with Crippen LogP contribution in [0.4, 0.5) is 0 Å². The maximum atomic E-state index is 12.8. The van der Waals surface area contributed by atoms with Gasteiger partial charge in [0.15, 0.2) is 0 Å². The second-order valence-corrected chi connectivity index (χ2v) is 8.75. The van der Waals surface area contributed by atoms with Crippen molar-refractivity contribution < 1.29 is 13.2 Å². The number of sulfonamides is 1. The Kier molecular flexibility index (Phi) is 7.20. The Bertz CT molecular complexity index is 722. The largest absolute Gasteiger partial charge is 0.340 e. The van der Waals surface area contributed by atoms with Crippen LogP contribution in [0.15, 0.2) is 23.1 Å². The summed E-state index contributed by atoms with van der Waals surface area (Å²) in [5.74, 6) is 0.111. The van der Waals surface area contributed by atoms with Crippen LogP contribution in [0.1, 0.15) is 31.4 Å². The molecule has 1 saturated heterocycles. The first-order chi connectivity index (χ1) is 12.3. The fourth-order valence-electron chi connectivity index (χ4n) is 3.15. The van der Waals surface area contributed by atoms with Gasteiger partial charge in [0.1, 0.15) is 0 Å². The summed E-state index contributed by atoms with van der Waals surface area (Å²) < 4.78 is 27.2. The summed E-state index contributed by atoms with van der Waals surface area (Å²) >= 11 is 0. The smallest absolute Gasteiger partial charge is 0.243 e. The molecule has 146 valence electrons. The molecule has 1 aliphatic rings. The van der Waals surface area contributed by atoms with Gasteiger partial charge in [0.25, 0.3) is 0 Å². The zero-order chi connectivity index (χ0) is 19.3. The zero-order valence-electron chi connectivity index (χ0n) is 16.4. The molecule has 7 heteroatoms. The Hall–Kier alpha value is -1.44. The monoisotopic (exact) mass is 381 g/mol. The van der Waals surface area contributed by atoms with E-state index in [1.165, 1.54) is 4.31 Å². The number of aryl methyl sites for hydroxylation is 2. The van der Waals surface area contributed by atoms with Crippen LogP contribution in [0.3, 0.4) is 0 Å². The number of carbonyl (C=O) groups is 1. The Balaban J connectivity index is 1.94. The normalized spacial score (nSPS) is 16.3. The average molecular weight is 382 g/mol. The Labute approximate surface area is 157 Å². The minimum atomic E-state index is -3.50. The average Bonchev–Trinajstić information content (AvgIpc) is 2.64. The third-order valence-electron chi connectivity index (χ3n) is 5.24. The highest BCUT2D eigenvalue weighted by molar-refractivity contribution is 7.89. The van der Waals surface area contributed by atoms with Crippen molar-refractivity contribution in [3.63, 3.8) is 0 Å². The van der Waals surface area contributed by atoms with Crippen LogP contribution in [0.5, 0.6) is 0 Å². The molecule has 0 aromatic heterocycles. The van der Waals surface area contributed by atoms with E-state index in [2.05, 4.69) is 18.7 Å². The van der Waals surface area contributed by atoms with Gasteiger partial charge in [-0.25, -0.2) is 8.42 Å². The number of hydrogen-bond acceptors (Lipinski definition) is 4. The molecule has 1 aromatic rings. The summed E-state index contributed by atoms with van der Waals surface area (Å²) in [4.78, 5) is 16.7. The lowest BCUT2D eigenvalue weighted by Crippen LogP contribution is -2.50. The van der Waals surface area contributed by atoms with Crippen molar-refractivity contribution in [1.82, 2.24) is 14.1 Å². The molecule has 0 saturated carbocycles. The minimum absolute atomic E-state index is 0.111. The van der Waals surface area contributed by atoms with Gasteiger partial charge in [-0.1, -0.05) is 19.9 Å². The van der Waals surface area contributed by atoms with Gasteiger partial charge in [-0.05, 0) is 50.2 Å². The van der Waals surface area contributed by atoms with Crippen molar-refractivity contribution in [3.05, 3.63) is 29.3 Å². The zero-order valence-corrected chi connectivity index (χ0v) is 17.2. The van der Waals surface area contributed by atoms with Crippen LogP contribution in [0.25, 0.3) is 0 Å². The maximum absolute atomic E-state index is 12.8. The molecule has 0 aliphatic carbocycles. The third-order valence-corrected chi connectivity index (χ3v) is 7.14. The second kappa shape index (κ2) is 8.97. The summed E-state index contributed by atoms with van der Waals surface area (Å²) in [5.41, 5.74) is 2.05. The van der Waals surface area contributed by atoms with E-state index in [4.69, 9.17) is 0 Å². The highest BCUT2D eigenvalue weighted by Crippen LogP contribution is 2.20. The fourth-order valence-corrected chi connectivity index (χ4v) is 4.66. The molecule has 0 unspecified atom stereocenters. The van der Waals surface area contributed by atoms with Crippen LogP contribution in [-0.2, 0) is 14.8 Å². The van der Waals surface area contributed by atoms with E-state index in [9.17, 15) is 13.2 Å². The van der Waals surface area contributed by atoms with E-state index in [0.29, 0.717) is 37.5 Å². The van der Waals surface area contributed by atoms with Crippen molar-refractivity contribution in [2.24, 2.45) is 0 Å². The second-order valence-electron chi connectivity index (χ2n) is 6.81. The first-order valence-electron chi connectivity index (χ1n) is 9.37.